The molecule has 2 aliphatic carbocycles. The van der Waals surface area contributed by atoms with Crippen molar-refractivity contribution in [2.45, 2.75) is 70.3 Å². The van der Waals surface area contributed by atoms with Crippen molar-refractivity contribution in [2.24, 2.45) is 5.73 Å². The third-order valence-corrected chi connectivity index (χ3v) is 8.10. The Bertz CT molecular complexity index is 1150. The van der Waals surface area contributed by atoms with Gasteiger partial charge in [0, 0.05) is 30.6 Å². The van der Waals surface area contributed by atoms with Gasteiger partial charge in [-0.25, -0.2) is 9.78 Å². The van der Waals surface area contributed by atoms with E-state index in [1.807, 2.05) is 31.0 Å². The topological polar surface area (TPSA) is 101 Å². The number of rotatable bonds is 5. The molecule has 1 fully saturated rings. The molecule has 2 aromatic rings. The van der Waals surface area contributed by atoms with E-state index in [2.05, 4.69) is 29.6 Å². The molecule has 8 heteroatoms. The summed E-state index contributed by atoms with van der Waals surface area (Å²) in [4.78, 5) is 20.5. The molecule has 186 valence electrons. The number of carbonyl (C=O) groups is 1. The second kappa shape index (κ2) is 10.1. The van der Waals surface area contributed by atoms with E-state index in [1.165, 1.54) is 16.7 Å². The van der Waals surface area contributed by atoms with Crippen LogP contribution < -0.4 is 11.1 Å². The molecule has 1 aromatic heterocycles. The third-order valence-electron chi connectivity index (χ3n) is 7.02. The SMILES string of the molecule is CC(C)OC1CC=C(c2ncc(-c3cccc4c3CC[C@@H]4NC(=O)N3CCC(O)CC3)s2)C=C1N. The van der Waals surface area contributed by atoms with Gasteiger partial charge in [-0.1, -0.05) is 24.3 Å². The van der Waals surface area contributed by atoms with Gasteiger partial charge in [-0.2, -0.15) is 0 Å². The van der Waals surface area contributed by atoms with E-state index in [1.54, 1.807) is 11.3 Å². The van der Waals surface area contributed by atoms with E-state index in [-0.39, 0.29) is 30.4 Å². The van der Waals surface area contributed by atoms with Gasteiger partial charge in [0.2, 0.25) is 0 Å². The van der Waals surface area contributed by atoms with Crippen LogP contribution in [0.3, 0.4) is 0 Å². The smallest absolute Gasteiger partial charge is 0.317 e. The lowest BCUT2D eigenvalue weighted by Crippen LogP contribution is -2.46. The number of carbonyl (C=O) groups excluding carboxylic acids is 1. The average Bonchev–Trinajstić information content (AvgIpc) is 3.48. The van der Waals surface area contributed by atoms with Gasteiger partial charge in [-0.3, -0.25) is 0 Å². The minimum atomic E-state index is -0.288. The Hall–Kier alpha value is -2.68. The summed E-state index contributed by atoms with van der Waals surface area (Å²) in [6.07, 6.45) is 9.73. The van der Waals surface area contributed by atoms with Crippen molar-refractivity contribution >= 4 is 22.9 Å². The summed E-state index contributed by atoms with van der Waals surface area (Å²) in [7, 11) is 0. The number of nitrogens with two attached hydrogens (primary N) is 1. The molecule has 0 radical (unpaired) electrons. The Labute approximate surface area is 210 Å². The Kier molecular flexibility index (Phi) is 6.95. The Balaban J connectivity index is 1.30. The number of fused-ring (bicyclic) bond motifs is 1. The fourth-order valence-electron chi connectivity index (χ4n) is 5.19. The maximum atomic E-state index is 12.8. The van der Waals surface area contributed by atoms with Gasteiger partial charge >= 0.3 is 6.03 Å². The van der Waals surface area contributed by atoms with Gasteiger partial charge in [-0.05, 0) is 68.7 Å². The molecule has 5 rings (SSSR count). The van der Waals surface area contributed by atoms with E-state index in [4.69, 9.17) is 15.5 Å². The molecule has 1 unspecified atom stereocenters. The van der Waals surface area contributed by atoms with Gasteiger partial charge in [0.05, 0.1) is 23.1 Å². The van der Waals surface area contributed by atoms with Crippen molar-refractivity contribution in [3.05, 3.63) is 58.4 Å². The Morgan fingerprint density at radius 3 is 2.83 bits per heavy atom. The fourth-order valence-corrected chi connectivity index (χ4v) is 6.17. The van der Waals surface area contributed by atoms with Crippen LogP contribution in [0.4, 0.5) is 4.79 Å². The summed E-state index contributed by atoms with van der Waals surface area (Å²) in [5, 5.41) is 13.9. The monoisotopic (exact) mass is 494 g/mol. The molecule has 2 amide bonds. The molecular weight excluding hydrogens is 460 g/mol. The molecule has 2 heterocycles. The second-order valence-corrected chi connectivity index (χ2v) is 10.9. The van der Waals surface area contributed by atoms with Gasteiger partial charge in [0.25, 0.3) is 0 Å². The molecule has 0 spiro atoms. The number of nitrogens with zero attached hydrogens (tertiary/aromatic N) is 2. The number of aliphatic hydroxyl groups excluding tert-OH is 1. The Morgan fingerprint density at radius 1 is 1.29 bits per heavy atom. The average molecular weight is 495 g/mol. The number of urea groups is 1. The van der Waals surface area contributed by atoms with Crippen LogP contribution in [0.1, 0.15) is 61.7 Å². The molecule has 0 saturated carbocycles. The van der Waals surface area contributed by atoms with Gasteiger partial charge in [-0.15, -0.1) is 11.3 Å². The summed E-state index contributed by atoms with van der Waals surface area (Å²) >= 11 is 1.67. The largest absolute Gasteiger partial charge is 0.400 e. The predicted octanol–water partition coefficient (Wildman–Crippen LogP) is 4.39. The number of piperidine rings is 1. The molecule has 1 aromatic carbocycles. The summed E-state index contributed by atoms with van der Waals surface area (Å²) in [5.41, 5.74) is 11.8. The quantitative estimate of drug-likeness (QED) is 0.572. The zero-order valence-corrected chi connectivity index (χ0v) is 21.2. The molecule has 2 atom stereocenters. The highest BCUT2D eigenvalue weighted by molar-refractivity contribution is 7.16. The van der Waals surface area contributed by atoms with Crippen molar-refractivity contribution in [1.82, 2.24) is 15.2 Å². The summed E-state index contributed by atoms with van der Waals surface area (Å²) in [6.45, 7) is 5.25. The zero-order valence-electron chi connectivity index (χ0n) is 20.4. The van der Waals surface area contributed by atoms with Crippen LogP contribution in [-0.2, 0) is 11.2 Å². The molecule has 7 nitrogen and oxygen atoms in total. The van der Waals surface area contributed by atoms with E-state index in [9.17, 15) is 9.90 Å². The molecule has 1 aliphatic heterocycles. The number of benzene rings is 1. The fraction of sp³-hybridized carbons (Fsp3) is 0.481. The van der Waals surface area contributed by atoms with E-state index < -0.39 is 0 Å². The van der Waals surface area contributed by atoms with Crippen LogP contribution in [-0.4, -0.2) is 52.4 Å². The number of aromatic nitrogens is 1. The number of nitrogens with one attached hydrogen (secondary N) is 1. The first-order chi connectivity index (χ1) is 16.9. The molecule has 0 bridgehead atoms. The van der Waals surface area contributed by atoms with Crippen molar-refractivity contribution in [2.75, 3.05) is 13.1 Å². The van der Waals surface area contributed by atoms with Crippen molar-refractivity contribution in [1.29, 1.82) is 0 Å². The standard InChI is InChI=1S/C27H34N4O3S/c1-16(2)34-24-9-6-17(14-22(24)28)26-29-15-25(35-26)21-5-3-4-20-19(21)7-8-23(20)30-27(33)31-12-10-18(32)11-13-31/h3-6,14-16,18,23-24,32H,7-13,28H2,1-2H3,(H,30,33)/t23-,24?/m0/s1. The first kappa shape index (κ1) is 24.0. The normalized spacial score (nSPS) is 22.7. The molecular formula is C27H34N4O3S. The first-order valence-corrected chi connectivity index (χ1v) is 13.3. The summed E-state index contributed by atoms with van der Waals surface area (Å²) in [6, 6.07) is 6.33. The molecule has 35 heavy (non-hydrogen) atoms. The number of ether oxygens (including phenoxy) is 1. The number of amides is 2. The minimum Gasteiger partial charge on any atom is -0.400 e. The number of hydrogen-bond donors (Lipinski definition) is 3. The van der Waals surface area contributed by atoms with Crippen LogP contribution >= 0.6 is 11.3 Å². The van der Waals surface area contributed by atoms with E-state index >= 15 is 0 Å². The van der Waals surface area contributed by atoms with Crippen molar-refractivity contribution in [3.8, 4) is 10.4 Å². The lowest BCUT2D eigenvalue weighted by molar-refractivity contribution is 0.0295. The molecule has 3 aliphatic rings. The van der Waals surface area contributed by atoms with Gasteiger partial charge < -0.3 is 25.8 Å². The number of allylic oxidation sites excluding steroid dienone is 2. The second-order valence-electron chi connectivity index (χ2n) is 9.87. The maximum Gasteiger partial charge on any atom is 0.317 e. The number of hydrogen-bond acceptors (Lipinski definition) is 6. The van der Waals surface area contributed by atoms with E-state index in [0.29, 0.717) is 25.9 Å². The van der Waals surface area contributed by atoms with Crippen molar-refractivity contribution < 1.29 is 14.6 Å². The maximum absolute atomic E-state index is 12.8. The van der Waals surface area contributed by atoms with Crippen molar-refractivity contribution in [3.63, 3.8) is 0 Å². The van der Waals surface area contributed by atoms with Crippen LogP contribution in [0, 0.1) is 0 Å². The number of likely N-dealkylation sites (tertiary alicyclic amines) is 1. The molecule has 4 N–H and O–H groups in total. The minimum absolute atomic E-state index is 0.0124. The lowest BCUT2D eigenvalue weighted by atomic mass is 10.0. The predicted molar refractivity (Wildman–Crippen MR) is 139 cm³/mol. The number of aliphatic hydroxyl groups is 1. The van der Waals surface area contributed by atoms with E-state index in [0.717, 1.165) is 40.4 Å². The highest BCUT2D eigenvalue weighted by Crippen LogP contribution is 2.41. The summed E-state index contributed by atoms with van der Waals surface area (Å²) in [5.74, 6) is 0. The highest BCUT2D eigenvalue weighted by atomic mass is 32.1. The van der Waals surface area contributed by atoms with Crippen LogP contribution in [0.5, 0.6) is 0 Å². The van der Waals surface area contributed by atoms with Crippen LogP contribution in [0.15, 0.2) is 42.2 Å². The molecule has 1 saturated heterocycles. The summed E-state index contributed by atoms with van der Waals surface area (Å²) < 4.78 is 5.89. The van der Waals surface area contributed by atoms with Crippen LogP contribution in [0.2, 0.25) is 0 Å². The number of thiazole rings is 1. The third kappa shape index (κ3) is 5.15. The zero-order chi connectivity index (χ0) is 24.5. The highest BCUT2D eigenvalue weighted by Gasteiger charge is 2.29. The lowest BCUT2D eigenvalue weighted by Gasteiger charge is -2.30. The first-order valence-electron chi connectivity index (χ1n) is 12.5. The van der Waals surface area contributed by atoms with Gasteiger partial charge in [0.1, 0.15) is 11.1 Å². The van der Waals surface area contributed by atoms with Crippen LogP contribution in [0.25, 0.3) is 16.0 Å². The van der Waals surface area contributed by atoms with Gasteiger partial charge in [0.15, 0.2) is 0 Å². The Morgan fingerprint density at radius 2 is 2.09 bits per heavy atom.